The first-order valence-corrected chi connectivity index (χ1v) is 9.47. The zero-order chi connectivity index (χ0) is 19.5. The molecule has 0 aliphatic heterocycles. The lowest BCUT2D eigenvalue weighted by atomic mass is 10.0. The minimum absolute atomic E-state index is 0.306. The molecule has 0 bridgehead atoms. The SMILES string of the molecule is COC(=O)c1sccc1NC(=O)c1cc(-c2ccccc2)nc2ccccc12. The number of benzene rings is 2. The van der Waals surface area contributed by atoms with E-state index < -0.39 is 5.97 Å². The van der Waals surface area contributed by atoms with Crippen LogP contribution in [-0.4, -0.2) is 24.0 Å². The van der Waals surface area contributed by atoms with E-state index in [9.17, 15) is 9.59 Å². The molecule has 0 atom stereocenters. The maximum absolute atomic E-state index is 13.1. The van der Waals surface area contributed by atoms with Crippen molar-refractivity contribution in [2.24, 2.45) is 0 Å². The molecule has 0 saturated carbocycles. The number of nitrogens with zero attached hydrogens (tertiary/aromatic N) is 1. The molecule has 0 fully saturated rings. The van der Waals surface area contributed by atoms with Gasteiger partial charge in [0.25, 0.3) is 5.91 Å². The molecule has 4 rings (SSSR count). The van der Waals surface area contributed by atoms with Gasteiger partial charge in [-0.25, -0.2) is 9.78 Å². The minimum atomic E-state index is -0.477. The van der Waals surface area contributed by atoms with Crippen LogP contribution in [0.1, 0.15) is 20.0 Å². The molecule has 6 heteroatoms. The van der Waals surface area contributed by atoms with Crippen LogP contribution < -0.4 is 5.32 Å². The molecule has 4 aromatic rings. The Labute approximate surface area is 165 Å². The van der Waals surface area contributed by atoms with E-state index in [4.69, 9.17) is 9.72 Å². The van der Waals surface area contributed by atoms with E-state index in [1.54, 1.807) is 17.5 Å². The Hall–Kier alpha value is -3.51. The molecule has 0 spiro atoms. The lowest BCUT2D eigenvalue weighted by Gasteiger charge is -2.11. The van der Waals surface area contributed by atoms with E-state index >= 15 is 0 Å². The number of esters is 1. The van der Waals surface area contributed by atoms with E-state index in [-0.39, 0.29) is 5.91 Å². The minimum Gasteiger partial charge on any atom is -0.465 e. The van der Waals surface area contributed by atoms with Gasteiger partial charge in [-0.3, -0.25) is 4.79 Å². The van der Waals surface area contributed by atoms with Crippen molar-refractivity contribution in [3.8, 4) is 11.3 Å². The number of para-hydroxylation sites is 1. The Morgan fingerprint density at radius 2 is 1.75 bits per heavy atom. The maximum Gasteiger partial charge on any atom is 0.350 e. The number of ether oxygens (including phenoxy) is 1. The second-order valence-electron chi connectivity index (χ2n) is 6.05. The van der Waals surface area contributed by atoms with Crippen LogP contribution in [0, 0.1) is 0 Å². The van der Waals surface area contributed by atoms with Crippen LogP contribution in [0.15, 0.2) is 72.1 Å². The summed E-state index contributed by atoms with van der Waals surface area (Å²) in [6, 6.07) is 20.7. The first-order chi connectivity index (χ1) is 13.7. The summed E-state index contributed by atoms with van der Waals surface area (Å²) >= 11 is 1.22. The van der Waals surface area contributed by atoms with Crippen LogP contribution in [0.3, 0.4) is 0 Å². The smallest absolute Gasteiger partial charge is 0.350 e. The van der Waals surface area contributed by atoms with Crippen molar-refractivity contribution in [3.63, 3.8) is 0 Å². The van der Waals surface area contributed by atoms with Gasteiger partial charge in [0.1, 0.15) is 4.88 Å². The Bertz CT molecular complexity index is 1170. The summed E-state index contributed by atoms with van der Waals surface area (Å²) in [6.07, 6.45) is 0. The first kappa shape index (κ1) is 17.9. The zero-order valence-electron chi connectivity index (χ0n) is 15.0. The number of anilines is 1. The van der Waals surface area contributed by atoms with Crippen molar-refractivity contribution in [1.29, 1.82) is 0 Å². The van der Waals surface area contributed by atoms with Gasteiger partial charge in [-0.2, -0.15) is 0 Å². The van der Waals surface area contributed by atoms with Crippen LogP contribution in [-0.2, 0) is 4.74 Å². The molecule has 2 aromatic heterocycles. The van der Waals surface area contributed by atoms with Crippen molar-refractivity contribution in [3.05, 3.63) is 82.6 Å². The molecule has 0 radical (unpaired) electrons. The largest absolute Gasteiger partial charge is 0.465 e. The van der Waals surface area contributed by atoms with E-state index in [2.05, 4.69) is 5.32 Å². The van der Waals surface area contributed by atoms with Gasteiger partial charge < -0.3 is 10.1 Å². The number of fused-ring (bicyclic) bond motifs is 1. The van der Waals surface area contributed by atoms with Crippen LogP contribution in [0.5, 0.6) is 0 Å². The van der Waals surface area contributed by atoms with Gasteiger partial charge >= 0.3 is 5.97 Å². The third kappa shape index (κ3) is 3.37. The normalized spacial score (nSPS) is 10.6. The molecule has 0 unspecified atom stereocenters. The molecule has 0 aliphatic rings. The van der Waals surface area contributed by atoms with E-state index in [0.29, 0.717) is 21.8 Å². The number of nitrogens with one attached hydrogen (secondary N) is 1. The Kier molecular flexibility index (Phi) is 4.87. The van der Waals surface area contributed by atoms with Crippen LogP contribution in [0.4, 0.5) is 5.69 Å². The van der Waals surface area contributed by atoms with Gasteiger partial charge in [-0.15, -0.1) is 11.3 Å². The third-order valence-electron chi connectivity index (χ3n) is 4.31. The predicted molar refractivity (Wildman–Crippen MR) is 111 cm³/mol. The number of carbonyl (C=O) groups is 2. The van der Waals surface area contributed by atoms with Crippen molar-refractivity contribution in [2.75, 3.05) is 12.4 Å². The van der Waals surface area contributed by atoms with Crippen molar-refractivity contribution < 1.29 is 14.3 Å². The number of aromatic nitrogens is 1. The molecule has 1 amide bonds. The highest BCUT2D eigenvalue weighted by molar-refractivity contribution is 7.12. The first-order valence-electron chi connectivity index (χ1n) is 8.60. The highest BCUT2D eigenvalue weighted by Crippen LogP contribution is 2.27. The predicted octanol–water partition coefficient (Wildman–Crippen LogP) is 5.00. The van der Waals surface area contributed by atoms with Crippen molar-refractivity contribution in [2.45, 2.75) is 0 Å². The highest BCUT2D eigenvalue weighted by atomic mass is 32.1. The fraction of sp³-hybridized carbons (Fsp3) is 0.0455. The molecular formula is C22H16N2O3S. The number of carbonyl (C=O) groups excluding carboxylic acids is 2. The highest BCUT2D eigenvalue weighted by Gasteiger charge is 2.19. The molecule has 2 heterocycles. The average Bonchev–Trinajstić information content (AvgIpc) is 3.21. The number of hydrogen-bond acceptors (Lipinski definition) is 5. The van der Waals surface area contributed by atoms with E-state index in [1.807, 2.05) is 54.6 Å². The summed E-state index contributed by atoms with van der Waals surface area (Å²) in [6.45, 7) is 0. The molecule has 138 valence electrons. The van der Waals surface area contributed by atoms with Gasteiger partial charge in [0.2, 0.25) is 0 Å². The molecular weight excluding hydrogens is 372 g/mol. The van der Waals surface area contributed by atoms with Crippen LogP contribution >= 0.6 is 11.3 Å². The van der Waals surface area contributed by atoms with Crippen molar-refractivity contribution in [1.82, 2.24) is 4.98 Å². The molecule has 1 N–H and O–H groups in total. The molecule has 0 aliphatic carbocycles. The van der Waals surface area contributed by atoms with Crippen molar-refractivity contribution >= 4 is 39.8 Å². The number of thiophene rings is 1. The fourth-order valence-electron chi connectivity index (χ4n) is 2.97. The molecule has 2 aromatic carbocycles. The quantitative estimate of drug-likeness (QED) is 0.500. The number of methoxy groups -OCH3 is 1. The summed E-state index contributed by atoms with van der Waals surface area (Å²) in [5, 5.41) is 5.32. The summed E-state index contributed by atoms with van der Waals surface area (Å²) in [5.41, 5.74) is 3.29. The topological polar surface area (TPSA) is 68.3 Å². The molecule has 0 saturated heterocycles. The van der Waals surface area contributed by atoms with Gasteiger partial charge in [-0.1, -0.05) is 48.5 Å². The van der Waals surface area contributed by atoms with Crippen LogP contribution in [0.25, 0.3) is 22.2 Å². The second kappa shape index (κ2) is 7.62. The van der Waals surface area contributed by atoms with E-state index in [1.165, 1.54) is 18.4 Å². The summed E-state index contributed by atoms with van der Waals surface area (Å²) in [4.78, 5) is 30.0. The third-order valence-corrected chi connectivity index (χ3v) is 5.21. The average molecular weight is 388 g/mol. The number of pyridine rings is 1. The van der Waals surface area contributed by atoms with E-state index in [0.717, 1.165) is 16.5 Å². The number of amides is 1. The van der Waals surface area contributed by atoms with Gasteiger partial charge in [0, 0.05) is 10.9 Å². The molecule has 28 heavy (non-hydrogen) atoms. The van der Waals surface area contributed by atoms with Gasteiger partial charge in [-0.05, 0) is 23.6 Å². The Morgan fingerprint density at radius 1 is 1.00 bits per heavy atom. The zero-order valence-corrected chi connectivity index (χ0v) is 15.8. The second-order valence-corrected chi connectivity index (χ2v) is 6.96. The summed E-state index contributed by atoms with van der Waals surface area (Å²) in [5.74, 6) is -0.783. The molecule has 5 nitrogen and oxygen atoms in total. The standard InChI is InChI=1S/C22H16N2O3S/c1-27-22(26)20-18(11-12-28-20)24-21(25)16-13-19(14-7-3-2-4-8-14)23-17-10-6-5-9-15(16)17/h2-13H,1H3,(H,24,25). The van der Waals surface area contributed by atoms with Crippen LogP contribution in [0.2, 0.25) is 0 Å². The maximum atomic E-state index is 13.1. The summed E-state index contributed by atoms with van der Waals surface area (Å²) < 4.78 is 4.78. The monoisotopic (exact) mass is 388 g/mol. The fourth-order valence-corrected chi connectivity index (χ4v) is 3.73. The van der Waals surface area contributed by atoms with Gasteiger partial charge in [0.05, 0.1) is 29.6 Å². The summed E-state index contributed by atoms with van der Waals surface area (Å²) in [7, 11) is 1.32. The lowest BCUT2D eigenvalue weighted by Crippen LogP contribution is -2.15. The van der Waals surface area contributed by atoms with Gasteiger partial charge in [0.15, 0.2) is 0 Å². The number of hydrogen-bond donors (Lipinski definition) is 1. The Balaban J connectivity index is 1.78. The number of rotatable bonds is 4. The lowest BCUT2D eigenvalue weighted by molar-refractivity contribution is 0.0607. The Morgan fingerprint density at radius 3 is 2.54 bits per heavy atom.